The molecule has 0 aliphatic heterocycles. The molecule has 4 aliphatic carbocycles. The second kappa shape index (κ2) is 4.96. The zero-order valence-electron chi connectivity index (χ0n) is 16.0. The van der Waals surface area contributed by atoms with E-state index in [-0.39, 0.29) is 10.8 Å². The third kappa shape index (κ3) is 1.69. The fraction of sp³-hybridized carbons (Fsp3) is 0.800. The highest BCUT2D eigenvalue weighted by atomic mass is 16.4. The van der Waals surface area contributed by atoms with Gasteiger partial charge in [-0.05, 0) is 61.2 Å². The van der Waals surface area contributed by atoms with Crippen molar-refractivity contribution in [2.75, 3.05) is 0 Å². The summed E-state index contributed by atoms with van der Waals surface area (Å²) in [6.07, 6.45) is 4.32. The maximum atomic E-state index is 12.2. The SMILES string of the molecule is CC1(C)[C@@H]2CC[C@@]1(C(=O)O)/C(=N/N=C1\C[C@H]3CC[C@]1(C(=O)O)C3(C)C)C2. The first-order valence-corrected chi connectivity index (χ1v) is 9.63. The maximum Gasteiger partial charge on any atom is 0.316 e. The number of hydrogen-bond acceptors (Lipinski definition) is 4. The van der Waals surface area contributed by atoms with Gasteiger partial charge in [-0.25, -0.2) is 0 Å². The van der Waals surface area contributed by atoms with Crippen LogP contribution in [0.2, 0.25) is 0 Å². The van der Waals surface area contributed by atoms with Crippen molar-refractivity contribution in [1.82, 2.24) is 0 Å². The number of nitrogens with zero attached hydrogens (tertiary/aromatic N) is 2. The van der Waals surface area contributed by atoms with E-state index in [0.717, 1.165) is 12.8 Å². The summed E-state index contributed by atoms with van der Waals surface area (Å²) in [7, 11) is 0. The van der Waals surface area contributed by atoms with Crippen molar-refractivity contribution in [2.24, 2.45) is 43.7 Å². The molecule has 4 bridgehead atoms. The summed E-state index contributed by atoms with van der Waals surface area (Å²) in [5.74, 6) is -1.02. The van der Waals surface area contributed by atoms with E-state index in [9.17, 15) is 19.8 Å². The van der Waals surface area contributed by atoms with Crippen LogP contribution >= 0.6 is 0 Å². The van der Waals surface area contributed by atoms with Gasteiger partial charge in [0, 0.05) is 0 Å². The molecule has 0 saturated heterocycles. The van der Waals surface area contributed by atoms with Crippen molar-refractivity contribution in [3.8, 4) is 0 Å². The number of aliphatic carboxylic acids is 2. The minimum Gasteiger partial charge on any atom is -0.481 e. The molecule has 0 spiro atoms. The van der Waals surface area contributed by atoms with Gasteiger partial charge in [0.1, 0.15) is 10.8 Å². The minimum absolute atomic E-state index is 0.308. The molecule has 4 atom stereocenters. The van der Waals surface area contributed by atoms with Gasteiger partial charge in [-0.15, -0.1) is 0 Å². The predicted octanol–water partition coefficient (Wildman–Crippen LogP) is 3.61. The molecule has 0 aromatic heterocycles. The van der Waals surface area contributed by atoms with Crippen molar-refractivity contribution < 1.29 is 19.8 Å². The lowest BCUT2D eigenvalue weighted by molar-refractivity contribution is -0.149. The Balaban J connectivity index is 1.77. The molecule has 142 valence electrons. The van der Waals surface area contributed by atoms with Gasteiger partial charge in [0.15, 0.2) is 0 Å². The minimum atomic E-state index is -0.953. The third-order valence-corrected chi connectivity index (χ3v) is 8.86. The van der Waals surface area contributed by atoms with Crippen LogP contribution in [-0.4, -0.2) is 33.6 Å². The normalized spacial score (nSPS) is 44.9. The highest BCUT2D eigenvalue weighted by Crippen LogP contribution is 2.66. The van der Waals surface area contributed by atoms with Crippen LogP contribution in [0.15, 0.2) is 10.2 Å². The summed E-state index contributed by atoms with van der Waals surface area (Å²) < 4.78 is 0. The number of carbonyl (C=O) groups is 2. The summed E-state index contributed by atoms with van der Waals surface area (Å²) in [5.41, 5.74) is -1.30. The highest BCUT2D eigenvalue weighted by molar-refractivity contribution is 6.12. The van der Waals surface area contributed by atoms with Crippen LogP contribution in [0, 0.1) is 33.5 Å². The fourth-order valence-electron chi connectivity index (χ4n) is 6.79. The first-order chi connectivity index (χ1) is 12.0. The van der Waals surface area contributed by atoms with Crippen molar-refractivity contribution in [3.05, 3.63) is 0 Å². The van der Waals surface area contributed by atoms with Gasteiger partial charge in [-0.1, -0.05) is 27.7 Å². The van der Waals surface area contributed by atoms with Gasteiger partial charge in [0.2, 0.25) is 0 Å². The second-order valence-corrected chi connectivity index (χ2v) is 9.84. The summed E-state index contributed by atoms with van der Waals surface area (Å²) in [5, 5.41) is 28.9. The summed E-state index contributed by atoms with van der Waals surface area (Å²) >= 11 is 0. The van der Waals surface area contributed by atoms with Crippen LogP contribution in [0.5, 0.6) is 0 Å². The maximum absolute atomic E-state index is 12.2. The standard InChI is InChI=1S/C20H28N2O4/c1-17(2)11-5-7-19(17,15(23)24)13(9-11)21-22-14-10-12-6-8-20(14,16(25)26)18(12,3)4/h11-12H,5-10H2,1-4H3,(H,23,24)(H,25,26)/b21-13+,22-14+/t11-,12-,19+,20+/m1/s1. The van der Waals surface area contributed by atoms with Crippen LogP contribution < -0.4 is 0 Å². The summed E-state index contributed by atoms with van der Waals surface area (Å²) in [4.78, 5) is 24.4. The summed E-state index contributed by atoms with van der Waals surface area (Å²) in [6.45, 7) is 8.09. The molecular formula is C20H28N2O4. The molecule has 6 nitrogen and oxygen atoms in total. The number of hydrogen-bond donors (Lipinski definition) is 2. The highest BCUT2D eigenvalue weighted by Gasteiger charge is 2.69. The molecule has 0 aromatic carbocycles. The van der Waals surface area contributed by atoms with Gasteiger partial charge in [-0.2, -0.15) is 10.2 Å². The monoisotopic (exact) mass is 360 g/mol. The van der Waals surface area contributed by atoms with Crippen LogP contribution in [-0.2, 0) is 9.59 Å². The van der Waals surface area contributed by atoms with E-state index < -0.39 is 22.8 Å². The van der Waals surface area contributed by atoms with Crippen molar-refractivity contribution in [1.29, 1.82) is 0 Å². The first-order valence-electron chi connectivity index (χ1n) is 9.63. The number of carboxylic acids is 2. The molecule has 4 aliphatic rings. The van der Waals surface area contributed by atoms with Crippen molar-refractivity contribution in [3.63, 3.8) is 0 Å². The number of rotatable bonds is 3. The van der Waals surface area contributed by atoms with Gasteiger partial charge in [0.05, 0.1) is 11.4 Å². The molecule has 4 rings (SSSR count). The van der Waals surface area contributed by atoms with E-state index in [1.807, 2.05) is 27.7 Å². The Morgan fingerprint density at radius 2 is 1.15 bits per heavy atom. The quantitative estimate of drug-likeness (QED) is 0.751. The van der Waals surface area contributed by atoms with E-state index in [0.29, 0.717) is 48.9 Å². The van der Waals surface area contributed by atoms with E-state index in [4.69, 9.17) is 0 Å². The van der Waals surface area contributed by atoms with Gasteiger partial charge in [-0.3, -0.25) is 9.59 Å². The van der Waals surface area contributed by atoms with E-state index in [1.54, 1.807) is 0 Å². The van der Waals surface area contributed by atoms with E-state index in [2.05, 4.69) is 10.2 Å². The Bertz CT molecular complexity index is 702. The van der Waals surface area contributed by atoms with Crippen molar-refractivity contribution >= 4 is 23.4 Å². The van der Waals surface area contributed by atoms with E-state index >= 15 is 0 Å². The Labute approximate surface area is 153 Å². The summed E-state index contributed by atoms with van der Waals surface area (Å²) in [6, 6.07) is 0. The predicted molar refractivity (Wildman–Crippen MR) is 97.3 cm³/mol. The van der Waals surface area contributed by atoms with E-state index in [1.165, 1.54) is 0 Å². The van der Waals surface area contributed by atoms with Crippen LogP contribution in [0.25, 0.3) is 0 Å². The van der Waals surface area contributed by atoms with Crippen LogP contribution in [0.3, 0.4) is 0 Å². The van der Waals surface area contributed by atoms with Crippen LogP contribution in [0.4, 0.5) is 0 Å². The lowest BCUT2D eigenvalue weighted by atomic mass is 9.68. The molecule has 0 radical (unpaired) electrons. The number of carboxylic acid groups (broad SMARTS) is 2. The molecular weight excluding hydrogens is 332 g/mol. The molecule has 0 unspecified atom stereocenters. The third-order valence-electron chi connectivity index (χ3n) is 8.86. The largest absolute Gasteiger partial charge is 0.481 e. The van der Waals surface area contributed by atoms with Gasteiger partial charge >= 0.3 is 11.9 Å². The Morgan fingerprint density at radius 3 is 1.42 bits per heavy atom. The Kier molecular flexibility index (Phi) is 3.37. The topological polar surface area (TPSA) is 99.3 Å². The molecule has 0 aromatic rings. The average molecular weight is 360 g/mol. The van der Waals surface area contributed by atoms with Gasteiger partial charge < -0.3 is 10.2 Å². The average Bonchev–Trinajstić information content (AvgIpc) is 3.14. The van der Waals surface area contributed by atoms with Gasteiger partial charge in [0.25, 0.3) is 0 Å². The van der Waals surface area contributed by atoms with Crippen molar-refractivity contribution in [2.45, 2.75) is 66.2 Å². The Morgan fingerprint density at radius 1 is 0.808 bits per heavy atom. The lowest BCUT2D eigenvalue weighted by Crippen LogP contribution is -2.44. The fourth-order valence-corrected chi connectivity index (χ4v) is 6.79. The van der Waals surface area contributed by atoms with Crippen LogP contribution in [0.1, 0.15) is 66.2 Å². The smallest absolute Gasteiger partial charge is 0.316 e. The molecule has 0 amide bonds. The molecule has 4 fully saturated rings. The molecule has 4 saturated carbocycles. The zero-order chi connectivity index (χ0) is 19.1. The molecule has 0 heterocycles. The Hall–Kier alpha value is -1.72. The number of fused-ring (bicyclic) bond motifs is 4. The lowest BCUT2D eigenvalue weighted by Gasteiger charge is -2.34. The molecule has 26 heavy (non-hydrogen) atoms. The molecule has 6 heteroatoms. The first kappa shape index (κ1) is 17.7. The molecule has 2 N–H and O–H groups in total. The zero-order valence-corrected chi connectivity index (χ0v) is 16.0. The second-order valence-electron chi connectivity index (χ2n) is 9.84.